The van der Waals surface area contributed by atoms with Gasteiger partial charge in [-0.15, -0.1) is 0 Å². The van der Waals surface area contributed by atoms with Crippen LogP contribution in [0.3, 0.4) is 0 Å². The van der Waals surface area contributed by atoms with Gasteiger partial charge in [-0.2, -0.15) is 0 Å². The molecule has 8 nitrogen and oxygen atoms in total. The van der Waals surface area contributed by atoms with Crippen LogP contribution in [0.1, 0.15) is 22.7 Å². The van der Waals surface area contributed by atoms with Gasteiger partial charge in [0.2, 0.25) is 0 Å². The highest BCUT2D eigenvalue weighted by atomic mass is 32.1. The molecule has 0 spiro atoms. The van der Waals surface area contributed by atoms with Crippen molar-refractivity contribution in [1.82, 2.24) is 4.90 Å². The number of hydrogen-bond donors (Lipinski definition) is 1. The van der Waals surface area contributed by atoms with Gasteiger partial charge in [0, 0.05) is 29.8 Å². The molecular weight excluding hydrogens is 516 g/mol. The Morgan fingerprint density at radius 3 is 2.41 bits per heavy atom. The normalized spacial score (nSPS) is 14.5. The molecular formula is C30H30N2O6S. The van der Waals surface area contributed by atoms with Crippen LogP contribution < -0.4 is 29.9 Å². The quantitative estimate of drug-likeness (QED) is 0.239. The van der Waals surface area contributed by atoms with Crippen molar-refractivity contribution >= 4 is 34.0 Å². The molecule has 3 aromatic carbocycles. The van der Waals surface area contributed by atoms with E-state index in [0.717, 1.165) is 39.9 Å². The summed E-state index contributed by atoms with van der Waals surface area (Å²) in [5.74, 6) is 2.69. The van der Waals surface area contributed by atoms with Gasteiger partial charge >= 0.3 is 5.63 Å². The Morgan fingerprint density at radius 1 is 0.974 bits per heavy atom. The van der Waals surface area contributed by atoms with Crippen LogP contribution in [0.15, 0.2) is 69.9 Å². The van der Waals surface area contributed by atoms with E-state index in [1.165, 1.54) is 6.07 Å². The van der Waals surface area contributed by atoms with E-state index in [0.29, 0.717) is 41.1 Å². The van der Waals surface area contributed by atoms with Crippen molar-refractivity contribution in [2.24, 2.45) is 0 Å². The molecule has 202 valence electrons. The van der Waals surface area contributed by atoms with Crippen molar-refractivity contribution in [1.29, 1.82) is 0 Å². The number of ether oxygens (including phenoxy) is 4. The molecule has 2 heterocycles. The Balaban J connectivity index is 1.46. The first-order chi connectivity index (χ1) is 18.9. The summed E-state index contributed by atoms with van der Waals surface area (Å²) in [7, 11) is 4.89. The number of nitrogens with zero attached hydrogens (tertiary/aromatic N) is 1. The number of nitrogens with one attached hydrogen (secondary N) is 1. The van der Waals surface area contributed by atoms with Gasteiger partial charge in [0.05, 0.1) is 27.4 Å². The number of benzene rings is 3. The van der Waals surface area contributed by atoms with Crippen molar-refractivity contribution in [3.8, 4) is 23.0 Å². The Labute approximate surface area is 232 Å². The minimum Gasteiger partial charge on any atom is -0.497 e. The third kappa shape index (κ3) is 5.49. The first-order valence-electron chi connectivity index (χ1n) is 12.5. The summed E-state index contributed by atoms with van der Waals surface area (Å²) >= 11 is 5.88. The lowest BCUT2D eigenvalue weighted by Crippen LogP contribution is -2.44. The average Bonchev–Trinajstić information content (AvgIpc) is 2.95. The third-order valence-corrected chi connectivity index (χ3v) is 7.27. The molecule has 9 heteroatoms. The van der Waals surface area contributed by atoms with Gasteiger partial charge in [0.25, 0.3) is 0 Å². The van der Waals surface area contributed by atoms with E-state index >= 15 is 0 Å². The number of fused-ring (bicyclic) bond motifs is 2. The second-order valence-electron chi connectivity index (χ2n) is 9.24. The molecule has 0 unspecified atom stereocenters. The summed E-state index contributed by atoms with van der Waals surface area (Å²) < 4.78 is 28.1. The summed E-state index contributed by atoms with van der Waals surface area (Å²) in [6.07, 6.45) is 0.775. The van der Waals surface area contributed by atoms with Gasteiger partial charge < -0.3 is 33.6 Å². The van der Waals surface area contributed by atoms with E-state index in [-0.39, 0.29) is 11.7 Å². The highest BCUT2D eigenvalue weighted by Crippen LogP contribution is 2.39. The topological polar surface area (TPSA) is 82.4 Å². The number of thiocarbonyl (C=S) groups is 1. The Hall–Kier alpha value is -4.24. The zero-order valence-electron chi connectivity index (χ0n) is 22.3. The van der Waals surface area contributed by atoms with E-state index in [1.54, 1.807) is 27.4 Å². The fraction of sp³-hybridized carbons (Fsp3) is 0.267. The molecule has 0 aliphatic carbocycles. The van der Waals surface area contributed by atoms with E-state index < -0.39 is 0 Å². The number of anilines is 1. The average molecular weight is 547 g/mol. The standard InChI is InChI=1S/C30H30N2O6S/c1-18-13-29(33)38-26-15-22(9-10-23(18)26)37-17-25-24-16-28(36-4)27(35-3)14-19(24)11-12-32(25)30(39)31-20-5-7-21(34-2)8-6-20/h5-10,13-16,25H,11-12,17H2,1-4H3,(H,31,39)/t25-/m0/s1. The summed E-state index contributed by atoms with van der Waals surface area (Å²) in [4.78, 5) is 14.0. The van der Waals surface area contributed by atoms with E-state index in [9.17, 15) is 4.79 Å². The molecule has 0 saturated heterocycles. The van der Waals surface area contributed by atoms with E-state index in [4.69, 9.17) is 35.6 Å². The zero-order valence-corrected chi connectivity index (χ0v) is 23.1. The van der Waals surface area contributed by atoms with Crippen LogP contribution in [0.25, 0.3) is 11.0 Å². The summed E-state index contributed by atoms with van der Waals surface area (Å²) in [6, 6.07) is 18.4. The minimum atomic E-state index is -0.388. The van der Waals surface area contributed by atoms with Crippen molar-refractivity contribution in [2.75, 3.05) is 39.8 Å². The van der Waals surface area contributed by atoms with Gasteiger partial charge in [-0.25, -0.2) is 4.79 Å². The molecule has 1 N–H and O–H groups in total. The number of aryl methyl sites for hydroxylation is 1. The predicted octanol–water partition coefficient (Wildman–Crippen LogP) is 5.50. The largest absolute Gasteiger partial charge is 0.497 e. The minimum absolute atomic E-state index is 0.216. The second kappa shape index (κ2) is 11.2. The van der Waals surface area contributed by atoms with Crippen LogP contribution in [0.2, 0.25) is 0 Å². The van der Waals surface area contributed by atoms with Crippen LogP contribution in [0, 0.1) is 6.92 Å². The molecule has 0 radical (unpaired) electrons. The summed E-state index contributed by atoms with van der Waals surface area (Å²) in [5.41, 5.74) is 4.00. The second-order valence-corrected chi connectivity index (χ2v) is 9.63. The molecule has 0 fully saturated rings. The molecule has 0 saturated carbocycles. The van der Waals surface area contributed by atoms with Crippen molar-refractivity contribution < 1.29 is 23.4 Å². The fourth-order valence-corrected chi connectivity index (χ4v) is 5.23. The maximum absolute atomic E-state index is 11.9. The third-order valence-electron chi connectivity index (χ3n) is 6.94. The first kappa shape index (κ1) is 26.4. The van der Waals surface area contributed by atoms with Gasteiger partial charge in [-0.1, -0.05) is 0 Å². The molecule has 0 amide bonds. The lowest BCUT2D eigenvalue weighted by atomic mass is 9.92. The molecule has 4 aromatic rings. The van der Waals surface area contributed by atoms with Gasteiger partial charge in [-0.05, 0) is 90.8 Å². The molecule has 1 aromatic heterocycles. The zero-order chi connectivity index (χ0) is 27.5. The monoisotopic (exact) mass is 546 g/mol. The van der Waals surface area contributed by atoms with Crippen LogP contribution >= 0.6 is 12.2 Å². The van der Waals surface area contributed by atoms with Gasteiger partial charge in [0.1, 0.15) is 23.7 Å². The fourth-order valence-electron chi connectivity index (χ4n) is 4.89. The maximum Gasteiger partial charge on any atom is 0.336 e. The Morgan fingerprint density at radius 2 is 1.69 bits per heavy atom. The number of methoxy groups -OCH3 is 3. The van der Waals surface area contributed by atoms with Crippen molar-refractivity contribution in [3.05, 3.63) is 87.8 Å². The molecule has 39 heavy (non-hydrogen) atoms. The summed E-state index contributed by atoms with van der Waals surface area (Å²) in [5, 5.41) is 4.80. The van der Waals surface area contributed by atoms with Gasteiger partial charge in [-0.3, -0.25) is 0 Å². The van der Waals surface area contributed by atoms with Crippen LogP contribution in [0.4, 0.5) is 5.69 Å². The van der Waals surface area contributed by atoms with Crippen molar-refractivity contribution in [3.63, 3.8) is 0 Å². The first-order valence-corrected chi connectivity index (χ1v) is 12.9. The lowest BCUT2D eigenvalue weighted by Gasteiger charge is -2.39. The van der Waals surface area contributed by atoms with Crippen LogP contribution in [-0.2, 0) is 6.42 Å². The predicted molar refractivity (Wildman–Crippen MR) is 155 cm³/mol. The SMILES string of the molecule is COc1ccc(NC(=S)N2CCc3cc(OC)c(OC)cc3[C@@H]2COc2ccc3c(C)cc(=O)oc3c2)cc1. The maximum atomic E-state index is 11.9. The van der Waals surface area contributed by atoms with Crippen LogP contribution in [0.5, 0.6) is 23.0 Å². The van der Waals surface area contributed by atoms with Crippen LogP contribution in [-0.4, -0.2) is 44.5 Å². The number of hydrogen-bond acceptors (Lipinski definition) is 7. The lowest BCUT2D eigenvalue weighted by molar-refractivity contribution is 0.190. The Kier molecular flexibility index (Phi) is 7.60. The molecule has 5 rings (SSSR count). The highest BCUT2D eigenvalue weighted by molar-refractivity contribution is 7.80. The van der Waals surface area contributed by atoms with Gasteiger partial charge in [0.15, 0.2) is 16.6 Å². The Bertz CT molecular complexity index is 1570. The van der Waals surface area contributed by atoms with E-state index in [1.807, 2.05) is 55.5 Å². The number of rotatable bonds is 7. The highest BCUT2D eigenvalue weighted by Gasteiger charge is 2.31. The molecule has 1 aliphatic heterocycles. The summed E-state index contributed by atoms with van der Waals surface area (Å²) in [6.45, 7) is 2.87. The molecule has 0 bridgehead atoms. The molecule has 1 aliphatic rings. The smallest absolute Gasteiger partial charge is 0.336 e. The van der Waals surface area contributed by atoms with E-state index in [2.05, 4.69) is 10.2 Å². The van der Waals surface area contributed by atoms with Crippen molar-refractivity contribution in [2.45, 2.75) is 19.4 Å². The molecule has 1 atom stereocenters.